The second kappa shape index (κ2) is 8.53. The van der Waals surface area contributed by atoms with Gasteiger partial charge in [0.05, 0.1) is 12.2 Å². The number of hydrogen-bond acceptors (Lipinski definition) is 5. The molecule has 148 valence electrons. The summed E-state index contributed by atoms with van der Waals surface area (Å²) in [4.78, 5) is 18.0. The molecule has 28 heavy (non-hydrogen) atoms. The molecule has 0 spiro atoms. The summed E-state index contributed by atoms with van der Waals surface area (Å²) in [6.07, 6.45) is 4.37. The number of aliphatic hydroxyl groups is 1. The summed E-state index contributed by atoms with van der Waals surface area (Å²) >= 11 is 0. The number of nitrogens with zero attached hydrogens (tertiary/aromatic N) is 4. The number of carbonyl (C=O) groups excluding carboxylic acids is 1. The van der Waals surface area contributed by atoms with Crippen LogP contribution in [0.2, 0.25) is 0 Å². The summed E-state index contributed by atoms with van der Waals surface area (Å²) in [6, 6.07) is 10.7. The minimum absolute atomic E-state index is 0.0568. The molecule has 1 saturated heterocycles. The SMILES string of the molecule is O=C(NCCCO)c1cn(C2CCCN(Cc3cc4ccccc4[nH]3)C2)nn1. The van der Waals surface area contributed by atoms with Crippen molar-refractivity contribution in [1.29, 1.82) is 0 Å². The van der Waals surface area contributed by atoms with Crippen molar-refractivity contribution in [3.63, 3.8) is 0 Å². The first-order valence-corrected chi connectivity index (χ1v) is 9.83. The molecule has 1 amide bonds. The van der Waals surface area contributed by atoms with E-state index >= 15 is 0 Å². The van der Waals surface area contributed by atoms with Gasteiger partial charge in [-0.25, -0.2) is 4.68 Å². The van der Waals surface area contributed by atoms with Crippen LogP contribution in [0.15, 0.2) is 36.5 Å². The van der Waals surface area contributed by atoms with Gasteiger partial charge in [0, 0.05) is 37.5 Å². The van der Waals surface area contributed by atoms with Gasteiger partial charge in [-0.3, -0.25) is 9.69 Å². The number of carbonyl (C=O) groups is 1. The Hall–Kier alpha value is -2.71. The Bertz CT molecular complexity index is 901. The second-order valence-corrected chi connectivity index (χ2v) is 7.33. The molecule has 8 nitrogen and oxygen atoms in total. The van der Waals surface area contributed by atoms with E-state index in [2.05, 4.69) is 49.8 Å². The smallest absolute Gasteiger partial charge is 0.273 e. The molecule has 1 aliphatic heterocycles. The Morgan fingerprint density at radius 2 is 2.25 bits per heavy atom. The fourth-order valence-corrected chi connectivity index (χ4v) is 3.78. The highest BCUT2D eigenvalue weighted by molar-refractivity contribution is 5.91. The molecule has 0 bridgehead atoms. The fourth-order valence-electron chi connectivity index (χ4n) is 3.78. The number of piperidine rings is 1. The fraction of sp³-hybridized carbons (Fsp3) is 0.450. The van der Waals surface area contributed by atoms with Gasteiger partial charge in [-0.1, -0.05) is 23.4 Å². The molecule has 3 aromatic rings. The van der Waals surface area contributed by atoms with Crippen LogP contribution in [0.3, 0.4) is 0 Å². The summed E-state index contributed by atoms with van der Waals surface area (Å²) in [5.41, 5.74) is 2.70. The van der Waals surface area contributed by atoms with E-state index in [0.717, 1.165) is 32.5 Å². The lowest BCUT2D eigenvalue weighted by atomic mass is 10.1. The number of para-hydroxylation sites is 1. The van der Waals surface area contributed by atoms with Gasteiger partial charge in [-0.15, -0.1) is 5.10 Å². The number of rotatable bonds is 7. The first kappa shape index (κ1) is 18.6. The maximum Gasteiger partial charge on any atom is 0.273 e. The van der Waals surface area contributed by atoms with E-state index in [4.69, 9.17) is 5.11 Å². The van der Waals surface area contributed by atoms with Crippen molar-refractivity contribution in [2.45, 2.75) is 31.8 Å². The normalized spacial score (nSPS) is 17.8. The van der Waals surface area contributed by atoms with Crippen LogP contribution in [0.5, 0.6) is 0 Å². The van der Waals surface area contributed by atoms with Crippen LogP contribution >= 0.6 is 0 Å². The van der Waals surface area contributed by atoms with Crippen LogP contribution in [0.1, 0.15) is 41.5 Å². The zero-order valence-electron chi connectivity index (χ0n) is 15.8. The van der Waals surface area contributed by atoms with Gasteiger partial charge in [0.2, 0.25) is 0 Å². The van der Waals surface area contributed by atoms with E-state index < -0.39 is 0 Å². The number of amides is 1. The molecule has 3 N–H and O–H groups in total. The highest BCUT2D eigenvalue weighted by atomic mass is 16.3. The molecule has 8 heteroatoms. The third-order valence-corrected chi connectivity index (χ3v) is 5.20. The first-order chi connectivity index (χ1) is 13.7. The highest BCUT2D eigenvalue weighted by Gasteiger charge is 2.23. The number of aromatic nitrogens is 4. The number of likely N-dealkylation sites (tertiary alicyclic amines) is 1. The van der Waals surface area contributed by atoms with Gasteiger partial charge in [-0.05, 0) is 43.3 Å². The predicted octanol–water partition coefficient (Wildman–Crippen LogP) is 1.71. The molecule has 1 unspecified atom stereocenters. The number of benzene rings is 1. The number of aliphatic hydroxyl groups excluding tert-OH is 1. The molecule has 0 aliphatic carbocycles. The third-order valence-electron chi connectivity index (χ3n) is 5.20. The molecule has 1 aliphatic rings. The quantitative estimate of drug-likeness (QED) is 0.540. The second-order valence-electron chi connectivity index (χ2n) is 7.33. The number of nitrogens with one attached hydrogen (secondary N) is 2. The molecule has 4 rings (SSSR count). The van der Waals surface area contributed by atoms with Crippen LogP contribution in [-0.2, 0) is 6.54 Å². The topological polar surface area (TPSA) is 99.1 Å². The van der Waals surface area contributed by atoms with Crippen molar-refractivity contribution in [2.75, 3.05) is 26.2 Å². The Morgan fingerprint density at radius 1 is 1.36 bits per heavy atom. The predicted molar refractivity (Wildman–Crippen MR) is 106 cm³/mol. The summed E-state index contributed by atoms with van der Waals surface area (Å²) in [5.74, 6) is -0.245. The summed E-state index contributed by atoms with van der Waals surface area (Å²) < 4.78 is 1.82. The lowest BCUT2D eigenvalue weighted by Gasteiger charge is -2.32. The highest BCUT2D eigenvalue weighted by Crippen LogP contribution is 2.23. The van der Waals surface area contributed by atoms with Gasteiger partial charge >= 0.3 is 0 Å². The van der Waals surface area contributed by atoms with Crippen LogP contribution in [0, 0.1) is 0 Å². The molecule has 0 saturated carbocycles. The van der Waals surface area contributed by atoms with Gasteiger partial charge in [0.25, 0.3) is 5.91 Å². The maximum atomic E-state index is 12.1. The van der Waals surface area contributed by atoms with Crippen molar-refractivity contribution in [1.82, 2.24) is 30.2 Å². The van der Waals surface area contributed by atoms with Crippen molar-refractivity contribution < 1.29 is 9.90 Å². The van der Waals surface area contributed by atoms with Gasteiger partial charge in [0.15, 0.2) is 5.69 Å². The first-order valence-electron chi connectivity index (χ1n) is 9.83. The lowest BCUT2D eigenvalue weighted by molar-refractivity contribution is 0.0946. The molecular formula is C20H26N6O2. The van der Waals surface area contributed by atoms with E-state index in [-0.39, 0.29) is 18.6 Å². The van der Waals surface area contributed by atoms with Gasteiger partial charge in [0.1, 0.15) is 0 Å². The van der Waals surface area contributed by atoms with Crippen LogP contribution < -0.4 is 5.32 Å². The standard InChI is InChI=1S/C20H26N6O2/c27-10-4-8-21-20(28)19-14-26(24-23-19)17-6-3-9-25(13-17)12-16-11-15-5-1-2-7-18(15)22-16/h1-2,5,7,11,14,17,22,27H,3-4,6,8-10,12-13H2,(H,21,28). The van der Waals surface area contributed by atoms with Crippen molar-refractivity contribution >= 4 is 16.8 Å². The molecule has 1 atom stereocenters. The minimum Gasteiger partial charge on any atom is -0.396 e. The molecule has 1 fully saturated rings. The number of hydrogen-bond donors (Lipinski definition) is 3. The van der Waals surface area contributed by atoms with Crippen molar-refractivity contribution in [3.05, 3.63) is 47.9 Å². The van der Waals surface area contributed by atoms with Gasteiger partial charge < -0.3 is 15.4 Å². The monoisotopic (exact) mass is 382 g/mol. The zero-order chi connectivity index (χ0) is 19.3. The third kappa shape index (κ3) is 4.23. The Balaban J connectivity index is 1.37. The Morgan fingerprint density at radius 3 is 3.11 bits per heavy atom. The van der Waals surface area contributed by atoms with E-state index in [9.17, 15) is 4.79 Å². The molecule has 3 heterocycles. The van der Waals surface area contributed by atoms with E-state index in [0.29, 0.717) is 18.7 Å². The van der Waals surface area contributed by atoms with Crippen LogP contribution in [-0.4, -0.2) is 62.1 Å². The average molecular weight is 382 g/mol. The minimum atomic E-state index is -0.245. The van der Waals surface area contributed by atoms with E-state index in [1.165, 1.54) is 16.6 Å². The molecule has 0 radical (unpaired) electrons. The summed E-state index contributed by atoms with van der Waals surface area (Å²) in [6.45, 7) is 3.29. The Kier molecular flexibility index (Phi) is 5.68. The van der Waals surface area contributed by atoms with Crippen molar-refractivity contribution in [2.24, 2.45) is 0 Å². The van der Waals surface area contributed by atoms with Crippen LogP contribution in [0.4, 0.5) is 0 Å². The summed E-state index contributed by atoms with van der Waals surface area (Å²) in [5, 5.41) is 21.0. The number of H-pyrrole nitrogens is 1. The van der Waals surface area contributed by atoms with E-state index in [1.807, 2.05) is 10.7 Å². The number of aromatic amines is 1. The largest absolute Gasteiger partial charge is 0.396 e. The molecule has 2 aromatic heterocycles. The molecule has 1 aromatic carbocycles. The van der Waals surface area contributed by atoms with Crippen molar-refractivity contribution in [3.8, 4) is 0 Å². The Labute approximate surface area is 163 Å². The average Bonchev–Trinajstić information content (AvgIpc) is 3.35. The summed E-state index contributed by atoms with van der Waals surface area (Å²) in [7, 11) is 0. The number of fused-ring (bicyclic) bond motifs is 1. The molecular weight excluding hydrogens is 356 g/mol. The maximum absolute atomic E-state index is 12.1. The lowest BCUT2D eigenvalue weighted by Crippen LogP contribution is -2.36. The van der Waals surface area contributed by atoms with Gasteiger partial charge in [-0.2, -0.15) is 0 Å². The van der Waals surface area contributed by atoms with Crippen LogP contribution in [0.25, 0.3) is 10.9 Å². The van der Waals surface area contributed by atoms with E-state index in [1.54, 1.807) is 6.20 Å². The zero-order valence-corrected chi connectivity index (χ0v) is 15.8.